The number of rotatable bonds is 4. The molecule has 1 atom stereocenters. The minimum Gasteiger partial charge on any atom is -0.452 e. The molecule has 0 fully saturated rings. The Kier molecular flexibility index (Phi) is 9.63. The van der Waals surface area contributed by atoms with Crippen molar-refractivity contribution >= 4 is 111 Å². The van der Waals surface area contributed by atoms with E-state index >= 15 is 0 Å². The summed E-state index contributed by atoms with van der Waals surface area (Å²) in [6.07, 6.45) is 3.94. The zero-order valence-electron chi connectivity index (χ0n) is 44.9. The maximum absolute atomic E-state index is 8.07. The molecule has 0 bridgehead atoms. The number of anilines is 3. The van der Waals surface area contributed by atoms with Crippen LogP contribution in [0.4, 0.5) is 34.1 Å². The summed E-state index contributed by atoms with van der Waals surface area (Å²) < 4.78 is 14.8. The first kappa shape index (κ1) is 47.0. The van der Waals surface area contributed by atoms with Crippen LogP contribution >= 0.6 is 11.8 Å². The average molecular weight is 1100 g/mol. The number of fused-ring (bicyclic) bond motifs is 20. The molecule has 85 heavy (non-hydrogen) atoms. The summed E-state index contributed by atoms with van der Waals surface area (Å²) >= 11 is 1.77. The fourth-order valence-corrected chi connectivity index (χ4v) is 15.2. The van der Waals surface area contributed by atoms with Gasteiger partial charge in [-0.1, -0.05) is 133 Å². The van der Waals surface area contributed by atoms with E-state index in [1.807, 2.05) is 60.9 Å². The predicted molar refractivity (Wildman–Crippen MR) is 340 cm³/mol. The molecule has 392 valence electrons. The minimum atomic E-state index is -1.17. The highest BCUT2D eigenvalue weighted by Gasteiger charge is 2.54. The summed E-state index contributed by atoms with van der Waals surface area (Å²) in [5, 5.41) is 6.03. The number of nitrogens with zero attached hydrogens (tertiary/aromatic N) is 9. The van der Waals surface area contributed by atoms with Crippen molar-refractivity contribution in [2.24, 2.45) is 0 Å². The van der Waals surface area contributed by atoms with Crippen LogP contribution in [0.25, 0.3) is 108 Å². The van der Waals surface area contributed by atoms with Gasteiger partial charge in [-0.05, 0) is 119 Å². The zero-order chi connectivity index (χ0) is 56.2. The predicted octanol–water partition coefficient (Wildman–Crippen LogP) is 19.8. The fraction of sp³-hybridized carbons (Fsp3) is 0.0135. The highest BCUT2D eigenvalue weighted by Crippen LogP contribution is 2.66. The van der Waals surface area contributed by atoms with Crippen LogP contribution in [-0.2, 0) is 5.41 Å². The number of hydrogen-bond donors (Lipinski definition) is 0. The molecule has 1 spiro atoms. The molecular weight excluding hydrogens is 1060 g/mol. The van der Waals surface area contributed by atoms with Crippen LogP contribution in [0.3, 0.4) is 0 Å². The second-order valence-corrected chi connectivity index (χ2v) is 22.8. The van der Waals surface area contributed by atoms with Crippen LogP contribution in [0.15, 0.2) is 247 Å². The number of benzene rings is 10. The Morgan fingerprint density at radius 1 is 0.353 bits per heavy atom. The SMILES string of the molecule is [C-]#[N+]c1ccc2c(c1)c1cc([N+]#[C-])ccc1n2-c1cnc2c(c1)C1(c3cc(-n4c5ccccc5c5ccccc54)cnc3-2)c2cccc(N3c4ccccc4Sc4ccccc43)c2Oc2c(-n3c4ccccc4c4cc([N+]#[C-])ccc43)cccc21. The molecule has 0 saturated heterocycles. The van der Waals surface area contributed by atoms with Crippen LogP contribution in [-0.4, -0.2) is 23.7 Å². The van der Waals surface area contributed by atoms with Gasteiger partial charge >= 0.3 is 0 Å². The van der Waals surface area contributed by atoms with Gasteiger partial charge < -0.3 is 23.3 Å². The van der Waals surface area contributed by atoms with Crippen molar-refractivity contribution in [2.75, 3.05) is 4.90 Å². The summed E-state index contributed by atoms with van der Waals surface area (Å²) in [5.41, 5.74) is 16.9. The summed E-state index contributed by atoms with van der Waals surface area (Å²) in [6, 6.07) is 78.0. The normalized spacial score (nSPS) is 14.4. The molecule has 15 aromatic rings. The maximum Gasteiger partial charge on any atom is 0.188 e. The van der Waals surface area contributed by atoms with Crippen molar-refractivity contribution < 1.29 is 4.74 Å². The quantitative estimate of drug-likeness (QED) is 0.164. The Morgan fingerprint density at radius 3 is 1.25 bits per heavy atom. The van der Waals surface area contributed by atoms with Crippen molar-refractivity contribution in [1.82, 2.24) is 23.7 Å². The topological polar surface area (TPSA) is 66.1 Å². The summed E-state index contributed by atoms with van der Waals surface area (Å²) in [4.78, 5) is 27.4. The molecule has 3 aliphatic rings. The molecule has 5 aromatic heterocycles. The third kappa shape index (κ3) is 6.30. The fourth-order valence-electron chi connectivity index (χ4n) is 14.2. The van der Waals surface area contributed by atoms with E-state index in [0.717, 1.165) is 143 Å². The lowest BCUT2D eigenvalue weighted by molar-refractivity contribution is 0.435. The molecule has 10 aromatic carbocycles. The van der Waals surface area contributed by atoms with Gasteiger partial charge in [0.25, 0.3) is 0 Å². The molecular formula is C74H39N9OS. The third-order valence-corrected chi connectivity index (χ3v) is 18.7. The number of para-hydroxylation sites is 7. The van der Waals surface area contributed by atoms with E-state index in [1.54, 1.807) is 11.8 Å². The summed E-state index contributed by atoms with van der Waals surface area (Å²) in [5.74, 6) is 1.34. The molecule has 1 unspecified atom stereocenters. The first-order valence-electron chi connectivity index (χ1n) is 27.9. The van der Waals surface area contributed by atoms with Crippen molar-refractivity contribution in [3.63, 3.8) is 0 Å². The van der Waals surface area contributed by atoms with Crippen LogP contribution in [0.2, 0.25) is 0 Å². The number of hydrogen-bond acceptors (Lipinski definition) is 5. The van der Waals surface area contributed by atoms with Crippen LogP contribution < -0.4 is 9.64 Å². The lowest BCUT2D eigenvalue weighted by atomic mass is 9.66. The Balaban J connectivity index is 1.01. The number of aromatic nitrogens is 5. The van der Waals surface area contributed by atoms with Gasteiger partial charge in [0.05, 0.1) is 116 Å². The van der Waals surface area contributed by atoms with Gasteiger partial charge in [0.2, 0.25) is 0 Å². The van der Waals surface area contributed by atoms with Crippen LogP contribution in [0.1, 0.15) is 22.3 Å². The number of ether oxygens (including phenoxy) is 1. The zero-order valence-corrected chi connectivity index (χ0v) is 45.7. The molecule has 0 saturated carbocycles. The minimum absolute atomic E-state index is 0.515. The summed E-state index contributed by atoms with van der Waals surface area (Å²) in [7, 11) is 0. The standard InChI is InChI=1S/C74H39N9OS/c1-75-43-32-35-63-51(36-43)50-18-6-9-23-60(50)82(63)66-26-14-19-54-72(66)84-73-55(20-15-27-67(73)83-64-24-10-12-28-68(64)85-69-29-13-11-25-65(69)83)74(54)56-39-46(80-58-21-7-4-16-48(58)49-17-5-8-22-59(49)80)41-78-70(56)71-57(74)40-47(42-79-71)81-61-33-30-44(76-2)37-52(61)53-38-45(77-3)31-34-62(53)81/h4-42H. The molecule has 0 radical (unpaired) electrons. The van der Waals surface area contributed by atoms with Crippen molar-refractivity contribution in [3.8, 4) is 39.9 Å². The van der Waals surface area contributed by atoms with E-state index in [9.17, 15) is 0 Å². The van der Waals surface area contributed by atoms with Crippen LogP contribution in [0.5, 0.6) is 11.5 Å². The number of pyridine rings is 2. The largest absolute Gasteiger partial charge is 0.452 e. The Bertz CT molecular complexity index is 5480. The lowest BCUT2D eigenvalue weighted by Crippen LogP contribution is -2.33. The molecule has 0 amide bonds. The molecule has 11 heteroatoms. The maximum atomic E-state index is 8.07. The van der Waals surface area contributed by atoms with Crippen molar-refractivity contribution in [2.45, 2.75) is 15.2 Å². The first-order chi connectivity index (χ1) is 42.0. The summed E-state index contributed by atoms with van der Waals surface area (Å²) in [6.45, 7) is 24.1. The average Bonchev–Trinajstić information content (AvgIpc) is 3.79. The van der Waals surface area contributed by atoms with Crippen molar-refractivity contribution in [3.05, 3.63) is 293 Å². The van der Waals surface area contributed by atoms with E-state index in [0.29, 0.717) is 28.6 Å². The van der Waals surface area contributed by atoms with E-state index in [-0.39, 0.29) is 0 Å². The molecule has 7 heterocycles. The highest BCUT2D eigenvalue weighted by molar-refractivity contribution is 7.99. The van der Waals surface area contributed by atoms with Gasteiger partial charge in [-0.15, -0.1) is 0 Å². The molecule has 18 rings (SSSR count). The van der Waals surface area contributed by atoms with E-state index in [4.69, 9.17) is 34.4 Å². The molecule has 1 aliphatic carbocycles. The molecule has 10 nitrogen and oxygen atoms in total. The third-order valence-electron chi connectivity index (χ3n) is 17.6. The van der Waals surface area contributed by atoms with E-state index in [2.05, 4.69) is 209 Å². The first-order valence-corrected chi connectivity index (χ1v) is 28.7. The second-order valence-electron chi connectivity index (χ2n) is 21.7. The molecule has 2 aliphatic heterocycles. The van der Waals surface area contributed by atoms with Gasteiger partial charge in [-0.3, -0.25) is 9.97 Å². The van der Waals surface area contributed by atoms with Gasteiger partial charge in [0, 0.05) is 48.2 Å². The second kappa shape index (κ2) is 17.4. The Morgan fingerprint density at radius 2 is 0.741 bits per heavy atom. The monoisotopic (exact) mass is 1100 g/mol. The van der Waals surface area contributed by atoms with E-state index < -0.39 is 5.41 Å². The van der Waals surface area contributed by atoms with Gasteiger partial charge in [-0.25, -0.2) is 14.5 Å². The Hall–Kier alpha value is -11.7. The van der Waals surface area contributed by atoms with Crippen LogP contribution in [0, 0.1) is 19.7 Å². The van der Waals surface area contributed by atoms with E-state index in [1.165, 1.54) is 0 Å². The Labute approximate surface area is 490 Å². The van der Waals surface area contributed by atoms with Crippen molar-refractivity contribution in [1.29, 1.82) is 0 Å². The smallest absolute Gasteiger partial charge is 0.188 e. The highest BCUT2D eigenvalue weighted by atomic mass is 32.2. The van der Waals surface area contributed by atoms with Gasteiger partial charge in [0.1, 0.15) is 0 Å². The van der Waals surface area contributed by atoms with Gasteiger partial charge in [-0.2, -0.15) is 0 Å². The van der Waals surface area contributed by atoms with Gasteiger partial charge in [0.15, 0.2) is 28.6 Å². The molecule has 0 N–H and O–H groups in total. The lowest BCUT2D eigenvalue weighted by Gasteiger charge is -2.42.